The van der Waals surface area contributed by atoms with Crippen molar-refractivity contribution in [2.75, 3.05) is 38.7 Å². The summed E-state index contributed by atoms with van der Waals surface area (Å²) in [5.74, 6) is 2.10. The molecule has 0 bridgehead atoms. The van der Waals surface area contributed by atoms with E-state index in [-0.39, 0.29) is 5.91 Å². The van der Waals surface area contributed by atoms with Crippen molar-refractivity contribution in [3.05, 3.63) is 35.9 Å². The third-order valence-corrected chi connectivity index (χ3v) is 4.88. The van der Waals surface area contributed by atoms with Gasteiger partial charge in [0, 0.05) is 44.6 Å². The van der Waals surface area contributed by atoms with E-state index < -0.39 is 0 Å². The highest BCUT2D eigenvalue weighted by Crippen LogP contribution is 2.41. The lowest BCUT2D eigenvalue weighted by Crippen LogP contribution is -2.32. The molecule has 3 heterocycles. The summed E-state index contributed by atoms with van der Waals surface area (Å²) in [6.07, 6.45) is 6.07. The van der Waals surface area contributed by atoms with Crippen molar-refractivity contribution in [3.8, 4) is 0 Å². The third kappa shape index (κ3) is 3.70. The maximum absolute atomic E-state index is 12.6. The Morgan fingerprint density at radius 3 is 2.92 bits per heavy atom. The van der Waals surface area contributed by atoms with Crippen molar-refractivity contribution in [2.24, 2.45) is 0 Å². The third-order valence-electron chi connectivity index (χ3n) is 4.88. The summed E-state index contributed by atoms with van der Waals surface area (Å²) in [7, 11) is 1.77. The van der Waals surface area contributed by atoms with Gasteiger partial charge >= 0.3 is 0 Å². The minimum absolute atomic E-state index is 0.103. The molecule has 0 spiro atoms. The van der Waals surface area contributed by atoms with Gasteiger partial charge in [0.15, 0.2) is 12.1 Å². The quantitative estimate of drug-likeness (QED) is 0.810. The molecule has 26 heavy (non-hydrogen) atoms. The van der Waals surface area contributed by atoms with Gasteiger partial charge in [-0.15, -0.1) is 0 Å². The van der Waals surface area contributed by atoms with Crippen LogP contribution in [0.2, 0.25) is 0 Å². The van der Waals surface area contributed by atoms with E-state index in [1.54, 1.807) is 18.3 Å². The van der Waals surface area contributed by atoms with E-state index in [4.69, 9.17) is 9.15 Å². The molecule has 0 radical (unpaired) electrons. The summed E-state index contributed by atoms with van der Waals surface area (Å²) < 4.78 is 10.8. The number of rotatable bonds is 7. The predicted molar refractivity (Wildman–Crippen MR) is 94.1 cm³/mol. The van der Waals surface area contributed by atoms with Gasteiger partial charge in [-0.25, -0.2) is 15.0 Å². The number of nitrogens with zero attached hydrogens (tertiary/aromatic N) is 4. The van der Waals surface area contributed by atoms with Gasteiger partial charge < -0.3 is 19.4 Å². The lowest BCUT2D eigenvalue weighted by atomic mass is 10.1. The van der Waals surface area contributed by atoms with Gasteiger partial charge in [0.2, 0.25) is 0 Å². The molecule has 2 aliphatic rings. The lowest BCUT2D eigenvalue weighted by molar-refractivity contribution is 0.0793. The van der Waals surface area contributed by atoms with Crippen molar-refractivity contribution in [2.45, 2.75) is 31.1 Å². The summed E-state index contributed by atoms with van der Waals surface area (Å²) >= 11 is 0. The Labute approximate surface area is 152 Å². The Kier molecular flexibility index (Phi) is 4.83. The van der Waals surface area contributed by atoms with Crippen LogP contribution in [-0.4, -0.2) is 59.1 Å². The number of carbonyl (C=O) groups is 1. The molecule has 1 amide bonds. The molecule has 1 aliphatic carbocycles. The maximum atomic E-state index is 12.6. The average Bonchev–Trinajstić information content (AvgIpc) is 3.15. The standard InChI is InChI=1S/C18H23N5O3/c1-23(18(24)16-17(12-2-3-12)26-11-22-16)6-5-19-15-8-14(20-10-21-15)13-4-7-25-9-13/h8,10-13H,2-7,9H2,1H3,(H,19,20,21)/t13-/m0/s1. The number of anilines is 1. The molecule has 1 saturated heterocycles. The molecule has 1 atom stereocenters. The largest absolute Gasteiger partial charge is 0.447 e. The van der Waals surface area contributed by atoms with Crippen molar-refractivity contribution in [1.29, 1.82) is 0 Å². The van der Waals surface area contributed by atoms with Crippen molar-refractivity contribution in [3.63, 3.8) is 0 Å². The van der Waals surface area contributed by atoms with E-state index in [9.17, 15) is 4.79 Å². The molecule has 1 saturated carbocycles. The first-order chi connectivity index (χ1) is 12.7. The lowest BCUT2D eigenvalue weighted by Gasteiger charge is -2.17. The molecule has 4 rings (SSSR count). The predicted octanol–water partition coefficient (Wildman–Crippen LogP) is 2.03. The number of likely N-dealkylation sites (N-methyl/N-ethyl adjacent to an activating group) is 1. The number of hydrogen-bond acceptors (Lipinski definition) is 7. The number of oxazole rings is 1. The second-order valence-electron chi connectivity index (χ2n) is 6.88. The van der Waals surface area contributed by atoms with Crippen molar-refractivity contribution < 1.29 is 13.9 Å². The van der Waals surface area contributed by atoms with Crippen LogP contribution in [0.15, 0.2) is 23.2 Å². The summed E-state index contributed by atoms with van der Waals surface area (Å²) in [4.78, 5) is 26.9. The highest BCUT2D eigenvalue weighted by atomic mass is 16.5. The first kappa shape index (κ1) is 17.0. The van der Waals surface area contributed by atoms with Crippen LogP contribution in [0.25, 0.3) is 0 Å². The van der Waals surface area contributed by atoms with Gasteiger partial charge in [-0.05, 0) is 19.3 Å². The minimum atomic E-state index is -0.103. The van der Waals surface area contributed by atoms with Crippen LogP contribution in [-0.2, 0) is 4.74 Å². The van der Waals surface area contributed by atoms with Crippen LogP contribution in [0.4, 0.5) is 5.82 Å². The average molecular weight is 357 g/mol. The Bertz CT molecular complexity index is 768. The summed E-state index contributed by atoms with van der Waals surface area (Å²) in [6.45, 7) is 2.64. The van der Waals surface area contributed by atoms with Crippen LogP contribution >= 0.6 is 0 Å². The molecular formula is C18H23N5O3. The molecule has 2 aromatic heterocycles. The molecule has 138 valence electrons. The van der Waals surface area contributed by atoms with Crippen molar-refractivity contribution in [1.82, 2.24) is 19.9 Å². The van der Waals surface area contributed by atoms with Crippen LogP contribution in [0.1, 0.15) is 53.0 Å². The van der Waals surface area contributed by atoms with E-state index in [0.717, 1.165) is 43.1 Å². The van der Waals surface area contributed by atoms with E-state index in [1.165, 1.54) is 6.39 Å². The van der Waals surface area contributed by atoms with Crippen LogP contribution in [0.3, 0.4) is 0 Å². The molecule has 1 N–H and O–H groups in total. The fraction of sp³-hybridized carbons (Fsp3) is 0.556. The fourth-order valence-electron chi connectivity index (χ4n) is 3.15. The summed E-state index contributed by atoms with van der Waals surface area (Å²) in [6, 6.07) is 1.96. The van der Waals surface area contributed by atoms with E-state index in [2.05, 4.69) is 20.3 Å². The van der Waals surface area contributed by atoms with Gasteiger partial charge in [0.05, 0.1) is 12.3 Å². The smallest absolute Gasteiger partial charge is 0.275 e. The number of nitrogens with one attached hydrogen (secondary N) is 1. The van der Waals surface area contributed by atoms with Crippen molar-refractivity contribution >= 4 is 11.7 Å². The van der Waals surface area contributed by atoms with E-state index >= 15 is 0 Å². The van der Waals surface area contributed by atoms with Gasteiger partial charge in [-0.2, -0.15) is 0 Å². The Hall–Kier alpha value is -2.48. The molecular weight excluding hydrogens is 334 g/mol. The molecule has 8 heteroatoms. The Balaban J connectivity index is 1.30. The number of carbonyl (C=O) groups excluding carboxylic acids is 1. The summed E-state index contributed by atoms with van der Waals surface area (Å²) in [5.41, 5.74) is 1.45. The first-order valence-corrected chi connectivity index (χ1v) is 9.05. The van der Waals surface area contributed by atoms with Crippen LogP contribution in [0.5, 0.6) is 0 Å². The molecule has 2 fully saturated rings. The minimum Gasteiger partial charge on any atom is -0.447 e. The number of ether oxygens (including phenoxy) is 1. The van der Waals surface area contributed by atoms with E-state index in [0.29, 0.717) is 37.2 Å². The second-order valence-corrected chi connectivity index (χ2v) is 6.88. The molecule has 8 nitrogen and oxygen atoms in total. The highest BCUT2D eigenvalue weighted by molar-refractivity contribution is 5.93. The monoisotopic (exact) mass is 357 g/mol. The number of hydrogen-bond donors (Lipinski definition) is 1. The zero-order chi connectivity index (χ0) is 17.9. The number of aromatic nitrogens is 3. The highest BCUT2D eigenvalue weighted by Gasteiger charge is 2.33. The van der Waals surface area contributed by atoms with Gasteiger partial charge in [0.25, 0.3) is 5.91 Å². The summed E-state index contributed by atoms with van der Waals surface area (Å²) in [5, 5.41) is 3.26. The SMILES string of the molecule is CN(CCNc1cc([C@H]2CCOC2)ncn1)C(=O)c1ncoc1C1CC1. The first-order valence-electron chi connectivity index (χ1n) is 9.05. The number of amides is 1. The molecule has 1 aliphatic heterocycles. The molecule has 0 unspecified atom stereocenters. The zero-order valence-electron chi connectivity index (χ0n) is 14.9. The second kappa shape index (κ2) is 7.41. The Morgan fingerprint density at radius 2 is 2.15 bits per heavy atom. The van der Waals surface area contributed by atoms with Crippen LogP contribution < -0.4 is 5.32 Å². The van der Waals surface area contributed by atoms with Crippen LogP contribution in [0, 0.1) is 0 Å². The van der Waals surface area contributed by atoms with E-state index in [1.807, 2.05) is 6.07 Å². The maximum Gasteiger partial charge on any atom is 0.275 e. The zero-order valence-corrected chi connectivity index (χ0v) is 14.9. The topological polar surface area (TPSA) is 93.4 Å². The van der Waals surface area contributed by atoms with Gasteiger partial charge in [-0.1, -0.05) is 0 Å². The fourth-order valence-corrected chi connectivity index (χ4v) is 3.15. The molecule has 2 aromatic rings. The molecule has 0 aromatic carbocycles. The van der Waals surface area contributed by atoms with Gasteiger partial charge in [-0.3, -0.25) is 4.79 Å². The van der Waals surface area contributed by atoms with Gasteiger partial charge in [0.1, 0.15) is 17.9 Å². The normalized spacial score (nSPS) is 19.5. The Morgan fingerprint density at radius 1 is 1.27 bits per heavy atom.